The molecule has 1 aromatic heterocycles. The number of piperazine rings is 1. The Kier molecular flexibility index (Phi) is 3.30. The molecule has 0 aliphatic carbocycles. The lowest BCUT2D eigenvalue weighted by Gasteiger charge is -2.36. The molecule has 3 heterocycles. The standard InChI is InChI=1S/C16H18N4O3/c1-23-11-6-10-7-19(9-14(21)20(10)8-11)16(22)15-12-4-2-3-5-13(12)17-18-15/h2-5,10-11H,6-9H2,1H3,(H,17,18)/t10-,11-/m0/s1. The Morgan fingerprint density at radius 3 is 3.00 bits per heavy atom. The summed E-state index contributed by atoms with van der Waals surface area (Å²) in [6.45, 7) is 1.26. The first-order valence-electron chi connectivity index (χ1n) is 7.72. The van der Waals surface area contributed by atoms with Gasteiger partial charge < -0.3 is 14.5 Å². The largest absolute Gasteiger partial charge is 0.380 e. The van der Waals surface area contributed by atoms with Gasteiger partial charge in [-0.05, 0) is 12.5 Å². The van der Waals surface area contributed by atoms with Crippen LogP contribution in [0.2, 0.25) is 0 Å². The molecule has 2 saturated heterocycles. The van der Waals surface area contributed by atoms with E-state index in [-0.39, 0.29) is 30.5 Å². The molecule has 1 N–H and O–H groups in total. The van der Waals surface area contributed by atoms with E-state index < -0.39 is 0 Å². The van der Waals surface area contributed by atoms with Gasteiger partial charge >= 0.3 is 0 Å². The number of benzene rings is 1. The average Bonchev–Trinajstić information content (AvgIpc) is 3.18. The molecule has 7 nitrogen and oxygen atoms in total. The second kappa shape index (κ2) is 5.34. The summed E-state index contributed by atoms with van der Waals surface area (Å²) < 4.78 is 5.36. The van der Waals surface area contributed by atoms with Crippen molar-refractivity contribution in [3.05, 3.63) is 30.0 Å². The summed E-state index contributed by atoms with van der Waals surface area (Å²) in [4.78, 5) is 28.6. The predicted octanol–water partition coefficient (Wildman–Crippen LogP) is 0.635. The van der Waals surface area contributed by atoms with Gasteiger partial charge in [0.15, 0.2) is 5.69 Å². The van der Waals surface area contributed by atoms with Crippen molar-refractivity contribution in [2.24, 2.45) is 0 Å². The molecule has 120 valence electrons. The number of nitrogens with one attached hydrogen (secondary N) is 1. The van der Waals surface area contributed by atoms with Crippen LogP contribution in [0.1, 0.15) is 16.9 Å². The van der Waals surface area contributed by atoms with Crippen LogP contribution in [-0.4, -0.2) is 70.7 Å². The molecule has 23 heavy (non-hydrogen) atoms. The van der Waals surface area contributed by atoms with E-state index >= 15 is 0 Å². The Morgan fingerprint density at radius 2 is 2.17 bits per heavy atom. The fourth-order valence-electron chi connectivity index (χ4n) is 3.53. The molecule has 0 saturated carbocycles. The lowest BCUT2D eigenvalue weighted by molar-refractivity contribution is -0.136. The minimum Gasteiger partial charge on any atom is -0.380 e. The van der Waals surface area contributed by atoms with Gasteiger partial charge in [0.2, 0.25) is 5.91 Å². The highest BCUT2D eigenvalue weighted by Gasteiger charge is 2.42. The van der Waals surface area contributed by atoms with Gasteiger partial charge in [-0.1, -0.05) is 18.2 Å². The topological polar surface area (TPSA) is 78.5 Å². The van der Waals surface area contributed by atoms with Gasteiger partial charge in [0.25, 0.3) is 5.91 Å². The van der Waals surface area contributed by atoms with Crippen LogP contribution in [0.15, 0.2) is 24.3 Å². The highest BCUT2D eigenvalue weighted by Crippen LogP contribution is 2.26. The van der Waals surface area contributed by atoms with E-state index in [0.717, 1.165) is 17.3 Å². The number of carbonyl (C=O) groups is 2. The minimum absolute atomic E-state index is 0.0195. The minimum atomic E-state index is -0.198. The maximum Gasteiger partial charge on any atom is 0.275 e. The van der Waals surface area contributed by atoms with Crippen molar-refractivity contribution in [3.8, 4) is 0 Å². The monoisotopic (exact) mass is 314 g/mol. The SMILES string of the molecule is CO[C@H]1C[C@H]2CN(C(=O)c3n[nH]c4ccccc34)CC(=O)N2C1. The Morgan fingerprint density at radius 1 is 1.35 bits per heavy atom. The van der Waals surface area contributed by atoms with Gasteiger partial charge in [-0.3, -0.25) is 14.7 Å². The predicted molar refractivity (Wildman–Crippen MR) is 82.9 cm³/mol. The Hall–Kier alpha value is -2.41. The summed E-state index contributed by atoms with van der Waals surface area (Å²) in [5, 5.41) is 7.80. The number of methoxy groups -OCH3 is 1. The molecule has 0 spiro atoms. The smallest absolute Gasteiger partial charge is 0.275 e. The number of hydrogen-bond acceptors (Lipinski definition) is 4. The van der Waals surface area contributed by atoms with Crippen molar-refractivity contribution in [1.29, 1.82) is 0 Å². The van der Waals surface area contributed by atoms with E-state index in [9.17, 15) is 9.59 Å². The first kappa shape index (κ1) is 14.2. The van der Waals surface area contributed by atoms with Gasteiger partial charge in [-0.25, -0.2) is 0 Å². The zero-order chi connectivity index (χ0) is 16.0. The molecule has 0 bridgehead atoms. The van der Waals surface area contributed by atoms with Crippen molar-refractivity contribution < 1.29 is 14.3 Å². The molecule has 2 amide bonds. The Labute approximate surface area is 133 Å². The molecule has 2 aliphatic heterocycles. The summed E-state index contributed by atoms with van der Waals surface area (Å²) in [6.07, 6.45) is 0.832. The number of hydrogen-bond donors (Lipinski definition) is 1. The van der Waals surface area contributed by atoms with Gasteiger partial charge in [0.1, 0.15) is 6.54 Å². The van der Waals surface area contributed by atoms with Gasteiger partial charge in [-0.2, -0.15) is 5.10 Å². The van der Waals surface area contributed by atoms with Crippen LogP contribution in [0, 0.1) is 0 Å². The van der Waals surface area contributed by atoms with Gasteiger partial charge in [0.05, 0.1) is 17.7 Å². The summed E-state index contributed by atoms with van der Waals surface area (Å²) in [5.41, 5.74) is 1.20. The number of H-pyrrole nitrogens is 1. The summed E-state index contributed by atoms with van der Waals surface area (Å²) >= 11 is 0. The molecular formula is C16H18N4O3. The van der Waals surface area contributed by atoms with Crippen molar-refractivity contribution in [3.63, 3.8) is 0 Å². The fourth-order valence-corrected chi connectivity index (χ4v) is 3.53. The second-order valence-electron chi connectivity index (χ2n) is 6.10. The zero-order valence-electron chi connectivity index (χ0n) is 12.9. The molecule has 1 aromatic carbocycles. The highest BCUT2D eigenvalue weighted by molar-refractivity contribution is 6.05. The molecule has 0 radical (unpaired) electrons. The highest BCUT2D eigenvalue weighted by atomic mass is 16.5. The van der Waals surface area contributed by atoms with Crippen LogP contribution in [0.25, 0.3) is 10.9 Å². The second-order valence-corrected chi connectivity index (χ2v) is 6.10. The van der Waals surface area contributed by atoms with Crippen LogP contribution in [-0.2, 0) is 9.53 Å². The van der Waals surface area contributed by atoms with E-state index in [4.69, 9.17) is 4.74 Å². The van der Waals surface area contributed by atoms with Crippen LogP contribution in [0.5, 0.6) is 0 Å². The van der Waals surface area contributed by atoms with Crippen molar-refractivity contribution in [2.75, 3.05) is 26.7 Å². The van der Waals surface area contributed by atoms with Crippen molar-refractivity contribution in [2.45, 2.75) is 18.6 Å². The van der Waals surface area contributed by atoms with E-state index in [1.165, 1.54) is 0 Å². The van der Waals surface area contributed by atoms with Crippen molar-refractivity contribution in [1.82, 2.24) is 20.0 Å². The summed E-state index contributed by atoms with van der Waals surface area (Å²) in [6, 6.07) is 7.54. The molecular weight excluding hydrogens is 296 g/mol. The number of carbonyl (C=O) groups excluding carboxylic acids is 2. The number of nitrogens with zero attached hydrogens (tertiary/aromatic N) is 3. The molecule has 2 aromatic rings. The third-order valence-corrected chi connectivity index (χ3v) is 4.75. The lowest BCUT2D eigenvalue weighted by atomic mass is 10.1. The Balaban J connectivity index is 1.59. The van der Waals surface area contributed by atoms with E-state index in [1.54, 1.807) is 12.0 Å². The molecule has 2 fully saturated rings. The van der Waals surface area contributed by atoms with Crippen LogP contribution >= 0.6 is 0 Å². The maximum absolute atomic E-state index is 12.8. The first-order valence-corrected chi connectivity index (χ1v) is 7.72. The van der Waals surface area contributed by atoms with Gasteiger partial charge in [-0.15, -0.1) is 0 Å². The van der Waals surface area contributed by atoms with Gasteiger partial charge in [0, 0.05) is 25.6 Å². The average molecular weight is 314 g/mol. The van der Waals surface area contributed by atoms with Crippen LogP contribution < -0.4 is 0 Å². The van der Waals surface area contributed by atoms with Crippen LogP contribution in [0.3, 0.4) is 0 Å². The van der Waals surface area contributed by atoms with E-state index in [2.05, 4.69) is 10.2 Å². The quantitative estimate of drug-likeness (QED) is 0.882. The third kappa shape index (κ3) is 2.28. The molecule has 0 unspecified atom stereocenters. The van der Waals surface area contributed by atoms with Crippen LogP contribution in [0.4, 0.5) is 0 Å². The molecule has 7 heteroatoms. The first-order chi connectivity index (χ1) is 11.2. The lowest BCUT2D eigenvalue weighted by Crippen LogP contribution is -2.55. The normalized spacial score (nSPS) is 24.3. The number of para-hydroxylation sites is 1. The van der Waals surface area contributed by atoms with Crippen molar-refractivity contribution >= 4 is 22.7 Å². The fraction of sp³-hybridized carbons (Fsp3) is 0.438. The number of rotatable bonds is 2. The number of ether oxygens (including phenoxy) is 1. The molecule has 4 rings (SSSR count). The summed E-state index contributed by atoms with van der Waals surface area (Å²) in [7, 11) is 1.66. The third-order valence-electron chi connectivity index (χ3n) is 4.75. The number of aromatic amines is 1. The summed E-state index contributed by atoms with van der Waals surface area (Å²) in [5.74, 6) is -0.217. The number of aromatic nitrogens is 2. The number of amides is 2. The van der Waals surface area contributed by atoms with E-state index in [1.807, 2.05) is 29.2 Å². The zero-order valence-corrected chi connectivity index (χ0v) is 12.9. The number of fused-ring (bicyclic) bond motifs is 2. The molecule has 2 aliphatic rings. The Bertz CT molecular complexity index is 772. The molecule has 2 atom stereocenters. The van der Waals surface area contributed by atoms with E-state index in [0.29, 0.717) is 18.8 Å². The maximum atomic E-state index is 12.8.